The molecule has 0 aliphatic heterocycles. The SMILES string of the molecule is CCCc1ccc(C(N)COc2ccc(C)c(F)c2)cc1. The second kappa shape index (κ2) is 7.23. The van der Waals surface area contributed by atoms with Gasteiger partial charge in [0.25, 0.3) is 0 Å². The zero-order chi connectivity index (χ0) is 15.2. The molecule has 0 fully saturated rings. The first-order valence-electron chi connectivity index (χ1n) is 7.33. The van der Waals surface area contributed by atoms with E-state index in [1.54, 1.807) is 19.1 Å². The standard InChI is InChI=1S/C18H22FNO/c1-3-4-14-6-8-15(9-7-14)18(20)12-21-16-10-5-13(2)17(19)11-16/h5-11,18H,3-4,12,20H2,1-2H3. The smallest absolute Gasteiger partial charge is 0.129 e. The molecule has 2 aromatic carbocycles. The Morgan fingerprint density at radius 2 is 1.86 bits per heavy atom. The molecule has 0 radical (unpaired) electrons. The Morgan fingerprint density at radius 1 is 1.14 bits per heavy atom. The number of halogens is 1. The molecular weight excluding hydrogens is 265 g/mol. The van der Waals surface area contributed by atoms with E-state index in [1.165, 1.54) is 11.6 Å². The predicted molar refractivity (Wildman–Crippen MR) is 84.0 cm³/mol. The van der Waals surface area contributed by atoms with Gasteiger partial charge in [-0.15, -0.1) is 0 Å². The van der Waals surface area contributed by atoms with Crippen molar-refractivity contribution in [3.05, 3.63) is 65.0 Å². The Kier molecular flexibility index (Phi) is 5.34. The average Bonchev–Trinajstić information content (AvgIpc) is 2.49. The van der Waals surface area contributed by atoms with Gasteiger partial charge in [-0.25, -0.2) is 4.39 Å². The van der Waals surface area contributed by atoms with Crippen LogP contribution in [0, 0.1) is 12.7 Å². The third-order valence-corrected chi connectivity index (χ3v) is 3.52. The molecule has 21 heavy (non-hydrogen) atoms. The Hall–Kier alpha value is -1.87. The molecule has 0 spiro atoms. The molecule has 1 atom stereocenters. The highest BCUT2D eigenvalue weighted by Crippen LogP contribution is 2.18. The van der Waals surface area contributed by atoms with Gasteiger partial charge in [0.15, 0.2) is 0 Å². The number of nitrogens with two attached hydrogens (primary N) is 1. The Balaban J connectivity index is 1.94. The van der Waals surface area contributed by atoms with Crippen LogP contribution in [0.25, 0.3) is 0 Å². The van der Waals surface area contributed by atoms with Gasteiger partial charge >= 0.3 is 0 Å². The fraction of sp³-hybridized carbons (Fsp3) is 0.333. The lowest BCUT2D eigenvalue weighted by Gasteiger charge is -2.14. The van der Waals surface area contributed by atoms with Crippen LogP contribution in [0.5, 0.6) is 5.75 Å². The molecule has 0 aromatic heterocycles. The van der Waals surface area contributed by atoms with Crippen LogP contribution in [0.3, 0.4) is 0 Å². The first-order valence-corrected chi connectivity index (χ1v) is 7.33. The van der Waals surface area contributed by atoms with Crippen molar-refractivity contribution >= 4 is 0 Å². The second-order valence-corrected chi connectivity index (χ2v) is 5.32. The van der Waals surface area contributed by atoms with E-state index in [-0.39, 0.29) is 11.9 Å². The van der Waals surface area contributed by atoms with Crippen LogP contribution >= 0.6 is 0 Å². The highest BCUT2D eigenvalue weighted by molar-refractivity contribution is 5.29. The summed E-state index contributed by atoms with van der Waals surface area (Å²) in [6.45, 7) is 4.21. The highest BCUT2D eigenvalue weighted by Gasteiger charge is 2.08. The summed E-state index contributed by atoms with van der Waals surface area (Å²) in [6, 6.07) is 12.9. The quantitative estimate of drug-likeness (QED) is 0.865. The van der Waals surface area contributed by atoms with E-state index in [2.05, 4.69) is 19.1 Å². The molecule has 0 aliphatic carbocycles. The maximum absolute atomic E-state index is 13.4. The van der Waals surface area contributed by atoms with Gasteiger partial charge in [-0.1, -0.05) is 43.7 Å². The molecule has 2 aromatic rings. The third-order valence-electron chi connectivity index (χ3n) is 3.52. The summed E-state index contributed by atoms with van der Waals surface area (Å²) in [5.74, 6) is 0.251. The normalized spacial score (nSPS) is 12.2. The lowest BCUT2D eigenvalue weighted by Crippen LogP contribution is -2.19. The molecule has 112 valence electrons. The van der Waals surface area contributed by atoms with Gasteiger partial charge in [0.05, 0.1) is 6.04 Å². The van der Waals surface area contributed by atoms with Gasteiger partial charge in [-0.05, 0) is 36.1 Å². The number of hydrogen-bond acceptors (Lipinski definition) is 2. The van der Waals surface area contributed by atoms with Crippen LogP contribution in [0.2, 0.25) is 0 Å². The van der Waals surface area contributed by atoms with Crippen molar-refractivity contribution in [2.75, 3.05) is 6.61 Å². The van der Waals surface area contributed by atoms with Gasteiger partial charge < -0.3 is 10.5 Å². The fourth-order valence-corrected chi connectivity index (χ4v) is 2.17. The monoisotopic (exact) mass is 287 g/mol. The van der Waals surface area contributed by atoms with Crippen molar-refractivity contribution in [3.63, 3.8) is 0 Å². The summed E-state index contributed by atoms with van der Waals surface area (Å²) < 4.78 is 19.0. The average molecular weight is 287 g/mol. The van der Waals surface area contributed by atoms with E-state index >= 15 is 0 Å². The number of benzene rings is 2. The highest BCUT2D eigenvalue weighted by atomic mass is 19.1. The second-order valence-electron chi connectivity index (χ2n) is 5.32. The van der Waals surface area contributed by atoms with Crippen molar-refractivity contribution in [2.45, 2.75) is 32.7 Å². The zero-order valence-electron chi connectivity index (χ0n) is 12.6. The summed E-state index contributed by atoms with van der Waals surface area (Å²) in [4.78, 5) is 0. The van der Waals surface area contributed by atoms with Gasteiger partial charge in [0, 0.05) is 6.07 Å². The first kappa shape index (κ1) is 15.5. The molecular formula is C18H22FNO. The summed E-state index contributed by atoms with van der Waals surface area (Å²) in [7, 11) is 0. The van der Waals surface area contributed by atoms with Gasteiger partial charge in [-0.2, -0.15) is 0 Å². The Morgan fingerprint density at radius 3 is 2.48 bits per heavy atom. The molecule has 0 heterocycles. The maximum Gasteiger partial charge on any atom is 0.129 e. The lowest BCUT2D eigenvalue weighted by atomic mass is 10.0. The van der Waals surface area contributed by atoms with Crippen molar-refractivity contribution in [2.24, 2.45) is 5.73 Å². The topological polar surface area (TPSA) is 35.2 Å². The Bertz CT molecular complexity index is 580. The number of hydrogen-bond donors (Lipinski definition) is 1. The summed E-state index contributed by atoms with van der Waals surface area (Å²) in [5, 5.41) is 0. The Labute approximate surface area is 125 Å². The van der Waals surface area contributed by atoms with E-state index < -0.39 is 0 Å². The van der Waals surface area contributed by atoms with Crippen LogP contribution in [0.15, 0.2) is 42.5 Å². The van der Waals surface area contributed by atoms with Crippen molar-refractivity contribution in [1.29, 1.82) is 0 Å². The van der Waals surface area contributed by atoms with E-state index in [9.17, 15) is 4.39 Å². The van der Waals surface area contributed by atoms with E-state index in [4.69, 9.17) is 10.5 Å². The van der Waals surface area contributed by atoms with Gasteiger partial charge in [-0.3, -0.25) is 0 Å². The van der Waals surface area contributed by atoms with Crippen molar-refractivity contribution < 1.29 is 9.13 Å². The summed E-state index contributed by atoms with van der Waals surface area (Å²) in [6.07, 6.45) is 2.21. The van der Waals surface area contributed by atoms with Crippen LogP contribution in [0.4, 0.5) is 4.39 Å². The predicted octanol–water partition coefficient (Wildman–Crippen LogP) is 4.17. The molecule has 1 unspecified atom stereocenters. The van der Waals surface area contributed by atoms with Gasteiger partial charge in [0.1, 0.15) is 18.2 Å². The maximum atomic E-state index is 13.4. The van der Waals surface area contributed by atoms with Crippen molar-refractivity contribution in [3.8, 4) is 5.75 Å². The summed E-state index contributed by atoms with van der Waals surface area (Å²) in [5.41, 5.74) is 9.07. The molecule has 2 N–H and O–H groups in total. The zero-order valence-corrected chi connectivity index (χ0v) is 12.6. The van der Waals surface area contributed by atoms with E-state index in [1.807, 2.05) is 12.1 Å². The number of rotatable bonds is 6. The fourth-order valence-electron chi connectivity index (χ4n) is 2.17. The third kappa shape index (κ3) is 4.30. The minimum atomic E-state index is -0.259. The van der Waals surface area contributed by atoms with Crippen LogP contribution in [-0.2, 0) is 6.42 Å². The van der Waals surface area contributed by atoms with Crippen LogP contribution in [-0.4, -0.2) is 6.61 Å². The molecule has 3 heteroatoms. The molecule has 0 saturated heterocycles. The number of ether oxygens (including phenoxy) is 1. The molecule has 0 aliphatic rings. The molecule has 2 rings (SSSR count). The molecule has 0 bridgehead atoms. The van der Waals surface area contributed by atoms with E-state index in [0.717, 1.165) is 18.4 Å². The molecule has 0 saturated carbocycles. The first-order chi connectivity index (χ1) is 10.1. The van der Waals surface area contributed by atoms with Crippen LogP contribution < -0.4 is 10.5 Å². The lowest BCUT2D eigenvalue weighted by molar-refractivity contribution is 0.289. The number of aryl methyl sites for hydroxylation is 2. The van der Waals surface area contributed by atoms with Crippen molar-refractivity contribution in [1.82, 2.24) is 0 Å². The van der Waals surface area contributed by atoms with E-state index in [0.29, 0.717) is 17.9 Å². The molecule has 2 nitrogen and oxygen atoms in total. The molecule has 0 amide bonds. The van der Waals surface area contributed by atoms with Crippen LogP contribution in [0.1, 0.15) is 36.1 Å². The minimum Gasteiger partial charge on any atom is -0.492 e. The van der Waals surface area contributed by atoms with Gasteiger partial charge in [0.2, 0.25) is 0 Å². The minimum absolute atomic E-state index is 0.218. The summed E-state index contributed by atoms with van der Waals surface area (Å²) >= 11 is 0. The largest absolute Gasteiger partial charge is 0.492 e.